The lowest BCUT2D eigenvalue weighted by Gasteiger charge is -2.37. The zero-order valence-electron chi connectivity index (χ0n) is 14.7. The summed E-state index contributed by atoms with van der Waals surface area (Å²) in [7, 11) is 1.80. The van der Waals surface area contributed by atoms with E-state index in [-0.39, 0.29) is 24.2 Å². The van der Waals surface area contributed by atoms with Crippen molar-refractivity contribution in [2.75, 3.05) is 7.05 Å². The molecule has 1 aromatic heterocycles. The van der Waals surface area contributed by atoms with Crippen LogP contribution in [0, 0.1) is 5.92 Å². The lowest BCUT2D eigenvalue weighted by Crippen LogP contribution is -2.46. The highest BCUT2D eigenvalue weighted by molar-refractivity contribution is 7.09. The van der Waals surface area contributed by atoms with Crippen molar-refractivity contribution in [3.63, 3.8) is 0 Å². The SMILES string of the molecule is CC(C)c1nc(CN(C)C(=O)C2CC(=O)OC23CCCCC3)cs1. The van der Waals surface area contributed by atoms with E-state index in [1.807, 2.05) is 5.38 Å². The van der Waals surface area contributed by atoms with Crippen LogP contribution >= 0.6 is 11.3 Å². The normalized spacial score (nSPS) is 22.8. The molecule has 2 fully saturated rings. The summed E-state index contributed by atoms with van der Waals surface area (Å²) in [6, 6.07) is 0. The summed E-state index contributed by atoms with van der Waals surface area (Å²) in [5, 5.41) is 3.11. The minimum atomic E-state index is -0.550. The molecular formula is C18H26N2O3S. The molecule has 132 valence electrons. The molecule has 1 saturated carbocycles. The highest BCUT2D eigenvalue weighted by Gasteiger charge is 2.53. The van der Waals surface area contributed by atoms with Crippen LogP contribution in [0.5, 0.6) is 0 Å². The highest BCUT2D eigenvalue weighted by Crippen LogP contribution is 2.44. The van der Waals surface area contributed by atoms with Crippen LogP contribution in [-0.4, -0.2) is 34.4 Å². The predicted octanol–water partition coefficient (Wildman–Crippen LogP) is 3.49. The van der Waals surface area contributed by atoms with Gasteiger partial charge in [-0.2, -0.15) is 0 Å². The number of hydrogen-bond acceptors (Lipinski definition) is 5. The summed E-state index contributed by atoms with van der Waals surface area (Å²) in [5.41, 5.74) is 0.369. The molecule has 0 aromatic carbocycles. The summed E-state index contributed by atoms with van der Waals surface area (Å²) in [4.78, 5) is 31.2. The minimum absolute atomic E-state index is 0.0156. The Kier molecular flexibility index (Phi) is 4.95. The van der Waals surface area contributed by atoms with Crippen molar-refractivity contribution in [2.24, 2.45) is 5.92 Å². The quantitative estimate of drug-likeness (QED) is 0.780. The maximum atomic E-state index is 13.0. The van der Waals surface area contributed by atoms with Gasteiger partial charge in [0.05, 0.1) is 29.6 Å². The lowest BCUT2D eigenvalue weighted by atomic mass is 9.75. The van der Waals surface area contributed by atoms with Crippen LogP contribution in [0.1, 0.15) is 69.0 Å². The Hall–Kier alpha value is -1.43. The molecule has 5 nitrogen and oxygen atoms in total. The standard InChI is InChI=1S/C18H26N2O3S/c1-12(2)16-19-13(11-24-16)10-20(3)17(22)14-9-15(21)23-18(14)7-5-4-6-8-18/h11-12,14H,4-10H2,1-3H3. The topological polar surface area (TPSA) is 59.5 Å². The van der Waals surface area contributed by atoms with Crippen LogP contribution in [-0.2, 0) is 20.9 Å². The van der Waals surface area contributed by atoms with Crippen LogP contribution < -0.4 is 0 Å². The third-order valence-corrected chi connectivity index (χ3v) is 6.35. The maximum absolute atomic E-state index is 13.0. The average molecular weight is 350 g/mol. The van der Waals surface area contributed by atoms with Crippen molar-refractivity contribution in [3.8, 4) is 0 Å². The Morgan fingerprint density at radius 3 is 2.75 bits per heavy atom. The first kappa shape index (κ1) is 17.4. The molecule has 1 aliphatic heterocycles. The van der Waals surface area contributed by atoms with Crippen LogP contribution in [0.3, 0.4) is 0 Å². The molecule has 1 atom stereocenters. The van der Waals surface area contributed by atoms with Gasteiger partial charge in [0.1, 0.15) is 5.60 Å². The first-order chi connectivity index (χ1) is 11.4. The third-order valence-electron chi connectivity index (χ3n) is 5.16. The second kappa shape index (κ2) is 6.82. The summed E-state index contributed by atoms with van der Waals surface area (Å²) in [6.45, 7) is 4.72. The van der Waals surface area contributed by atoms with Crippen LogP contribution in [0.4, 0.5) is 0 Å². The molecule has 1 unspecified atom stereocenters. The molecule has 6 heteroatoms. The molecule has 2 heterocycles. The lowest BCUT2D eigenvalue weighted by molar-refractivity contribution is -0.155. The van der Waals surface area contributed by atoms with E-state index < -0.39 is 5.60 Å². The molecule has 1 amide bonds. The fourth-order valence-electron chi connectivity index (χ4n) is 3.85. The second-order valence-electron chi connectivity index (χ2n) is 7.38. The summed E-state index contributed by atoms with van der Waals surface area (Å²) in [6.07, 6.45) is 5.08. The number of rotatable bonds is 4. The van der Waals surface area contributed by atoms with Crippen molar-refractivity contribution in [1.82, 2.24) is 9.88 Å². The summed E-state index contributed by atoms with van der Waals surface area (Å²) in [5.74, 6) is -0.143. The second-order valence-corrected chi connectivity index (χ2v) is 8.27. The molecule has 1 saturated heterocycles. The van der Waals surface area contributed by atoms with E-state index in [1.165, 1.54) is 0 Å². The number of amides is 1. The van der Waals surface area contributed by atoms with Gasteiger partial charge >= 0.3 is 5.97 Å². The Bertz CT molecular complexity index is 620. The molecule has 1 spiro atoms. The molecule has 1 aromatic rings. The number of ether oxygens (including phenoxy) is 1. The molecule has 24 heavy (non-hydrogen) atoms. The number of thiazole rings is 1. The first-order valence-corrected chi connectivity index (χ1v) is 9.70. The highest BCUT2D eigenvalue weighted by atomic mass is 32.1. The zero-order valence-corrected chi connectivity index (χ0v) is 15.5. The summed E-state index contributed by atoms with van der Waals surface area (Å²) >= 11 is 1.64. The Morgan fingerprint density at radius 2 is 2.12 bits per heavy atom. The van der Waals surface area contributed by atoms with E-state index in [1.54, 1.807) is 23.3 Å². The molecule has 0 N–H and O–H groups in total. The number of carbonyl (C=O) groups excluding carboxylic acids is 2. The maximum Gasteiger partial charge on any atom is 0.307 e. The van der Waals surface area contributed by atoms with E-state index in [2.05, 4.69) is 18.8 Å². The van der Waals surface area contributed by atoms with Gasteiger partial charge in [0, 0.05) is 18.3 Å². The van der Waals surface area contributed by atoms with Gasteiger partial charge in [0.2, 0.25) is 5.91 Å². The van der Waals surface area contributed by atoms with E-state index in [9.17, 15) is 9.59 Å². The molecule has 2 aliphatic rings. The third kappa shape index (κ3) is 3.34. The number of esters is 1. The number of nitrogens with zero attached hydrogens (tertiary/aromatic N) is 2. The monoisotopic (exact) mass is 350 g/mol. The zero-order chi connectivity index (χ0) is 17.3. The average Bonchev–Trinajstić information content (AvgIpc) is 3.12. The predicted molar refractivity (Wildman–Crippen MR) is 92.7 cm³/mol. The van der Waals surface area contributed by atoms with E-state index in [0.29, 0.717) is 12.5 Å². The number of carbonyl (C=O) groups is 2. The molecule has 3 rings (SSSR count). The van der Waals surface area contributed by atoms with E-state index >= 15 is 0 Å². The van der Waals surface area contributed by atoms with Crippen LogP contribution in [0.15, 0.2) is 5.38 Å². The van der Waals surface area contributed by atoms with Gasteiger partial charge in [-0.05, 0) is 25.7 Å². The fraction of sp³-hybridized carbons (Fsp3) is 0.722. The van der Waals surface area contributed by atoms with Crippen molar-refractivity contribution in [2.45, 2.75) is 70.4 Å². The van der Waals surface area contributed by atoms with Gasteiger partial charge in [-0.3, -0.25) is 9.59 Å². The largest absolute Gasteiger partial charge is 0.458 e. The van der Waals surface area contributed by atoms with Gasteiger partial charge < -0.3 is 9.64 Å². The van der Waals surface area contributed by atoms with E-state index in [0.717, 1.165) is 42.8 Å². The molecule has 0 bridgehead atoms. The Labute approximate surface area is 147 Å². The fourth-order valence-corrected chi connectivity index (χ4v) is 4.68. The van der Waals surface area contributed by atoms with Crippen molar-refractivity contribution < 1.29 is 14.3 Å². The Morgan fingerprint density at radius 1 is 1.42 bits per heavy atom. The molecule has 0 radical (unpaired) electrons. The van der Waals surface area contributed by atoms with Crippen LogP contribution in [0.25, 0.3) is 0 Å². The molecule has 1 aliphatic carbocycles. The summed E-state index contributed by atoms with van der Waals surface area (Å²) < 4.78 is 5.66. The number of hydrogen-bond donors (Lipinski definition) is 0. The molecular weight excluding hydrogens is 324 g/mol. The van der Waals surface area contributed by atoms with Crippen molar-refractivity contribution in [3.05, 3.63) is 16.1 Å². The smallest absolute Gasteiger partial charge is 0.307 e. The van der Waals surface area contributed by atoms with Crippen molar-refractivity contribution >= 4 is 23.2 Å². The first-order valence-electron chi connectivity index (χ1n) is 8.82. The van der Waals surface area contributed by atoms with Gasteiger partial charge in [0.15, 0.2) is 0 Å². The van der Waals surface area contributed by atoms with Gasteiger partial charge in [-0.15, -0.1) is 11.3 Å². The van der Waals surface area contributed by atoms with Gasteiger partial charge in [-0.1, -0.05) is 20.3 Å². The van der Waals surface area contributed by atoms with Gasteiger partial charge in [0.25, 0.3) is 0 Å². The van der Waals surface area contributed by atoms with E-state index in [4.69, 9.17) is 4.74 Å². The minimum Gasteiger partial charge on any atom is -0.458 e. The van der Waals surface area contributed by atoms with Gasteiger partial charge in [-0.25, -0.2) is 4.98 Å². The Balaban J connectivity index is 1.70. The van der Waals surface area contributed by atoms with Crippen molar-refractivity contribution in [1.29, 1.82) is 0 Å². The number of aromatic nitrogens is 1. The van der Waals surface area contributed by atoms with Crippen LogP contribution in [0.2, 0.25) is 0 Å².